The summed E-state index contributed by atoms with van der Waals surface area (Å²) in [4.78, 5) is 11.7. The van der Waals surface area contributed by atoms with Gasteiger partial charge in [-0.15, -0.1) is 0 Å². The monoisotopic (exact) mass is 263 g/mol. The van der Waals surface area contributed by atoms with Crippen molar-refractivity contribution in [3.63, 3.8) is 0 Å². The van der Waals surface area contributed by atoms with E-state index in [1.165, 1.54) is 5.56 Å². The number of benzene rings is 1. The molecule has 0 aliphatic carbocycles. The van der Waals surface area contributed by atoms with Gasteiger partial charge in [-0.2, -0.15) is 0 Å². The van der Waals surface area contributed by atoms with Crippen molar-refractivity contribution in [2.24, 2.45) is 5.92 Å². The molecule has 0 aliphatic heterocycles. The Hall–Kier alpha value is -1.55. The minimum atomic E-state index is -0.144. The summed E-state index contributed by atoms with van der Waals surface area (Å²) in [6, 6.07) is 8.05. The van der Waals surface area contributed by atoms with Gasteiger partial charge in [-0.05, 0) is 37.6 Å². The van der Waals surface area contributed by atoms with Gasteiger partial charge in [0.25, 0.3) is 0 Å². The molecule has 2 unspecified atom stereocenters. The van der Waals surface area contributed by atoms with Crippen molar-refractivity contribution in [2.45, 2.75) is 33.2 Å². The van der Waals surface area contributed by atoms with Crippen molar-refractivity contribution in [2.75, 3.05) is 18.9 Å². The smallest absolute Gasteiger partial charge is 0.319 e. The second-order valence-electron chi connectivity index (χ2n) is 4.98. The Labute approximate surface area is 116 Å². The Kier molecular flexibility index (Phi) is 6.36. The van der Waals surface area contributed by atoms with Crippen LogP contribution in [0.4, 0.5) is 10.5 Å². The Balaban J connectivity index is 2.46. The average Bonchev–Trinajstić information content (AvgIpc) is 2.44. The van der Waals surface area contributed by atoms with E-state index in [-0.39, 0.29) is 6.03 Å². The van der Waals surface area contributed by atoms with E-state index in [9.17, 15) is 4.79 Å². The summed E-state index contributed by atoms with van der Waals surface area (Å²) in [5.41, 5.74) is 2.02. The molecule has 4 nitrogen and oxygen atoms in total. The van der Waals surface area contributed by atoms with E-state index < -0.39 is 0 Å². The number of hydrogen-bond acceptors (Lipinski definition) is 2. The van der Waals surface area contributed by atoms with Gasteiger partial charge in [-0.1, -0.05) is 32.4 Å². The molecule has 0 heterocycles. The molecule has 3 N–H and O–H groups in total. The number of amides is 2. The number of urea groups is 1. The lowest BCUT2D eigenvalue weighted by Gasteiger charge is -2.13. The fourth-order valence-corrected chi connectivity index (χ4v) is 1.61. The molecule has 2 amide bonds. The molecule has 0 bridgehead atoms. The standard InChI is InChI=1S/C15H25N3O/c1-5-11(2)10-17-15(19)18-14-8-6-13(7-9-14)12(3)16-4/h6-9,11-12,16H,5,10H2,1-4H3,(H2,17,18,19). The molecule has 0 aliphatic rings. The minimum absolute atomic E-state index is 0.144. The summed E-state index contributed by atoms with van der Waals surface area (Å²) in [6.07, 6.45) is 1.07. The van der Waals surface area contributed by atoms with Gasteiger partial charge in [-0.3, -0.25) is 0 Å². The van der Waals surface area contributed by atoms with E-state index >= 15 is 0 Å². The van der Waals surface area contributed by atoms with Crippen LogP contribution in [0.3, 0.4) is 0 Å². The Morgan fingerprint density at radius 1 is 1.21 bits per heavy atom. The number of hydrogen-bond donors (Lipinski definition) is 3. The van der Waals surface area contributed by atoms with Gasteiger partial charge in [-0.25, -0.2) is 4.79 Å². The average molecular weight is 263 g/mol. The van der Waals surface area contributed by atoms with E-state index in [0.29, 0.717) is 18.5 Å². The topological polar surface area (TPSA) is 53.2 Å². The molecular weight excluding hydrogens is 238 g/mol. The van der Waals surface area contributed by atoms with Crippen molar-refractivity contribution >= 4 is 11.7 Å². The van der Waals surface area contributed by atoms with Gasteiger partial charge in [0.15, 0.2) is 0 Å². The third kappa shape index (κ3) is 5.30. The van der Waals surface area contributed by atoms with E-state index in [4.69, 9.17) is 0 Å². The maximum Gasteiger partial charge on any atom is 0.319 e. The zero-order valence-electron chi connectivity index (χ0n) is 12.3. The fraction of sp³-hybridized carbons (Fsp3) is 0.533. The highest BCUT2D eigenvalue weighted by Crippen LogP contribution is 2.15. The molecule has 0 saturated carbocycles. The Morgan fingerprint density at radius 3 is 2.37 bits per heavy atom. The van der Waals surface area contributed by atoms with E-state index in [1.807, 2.05) is 31.3 Å². The van der Waals surface area contributed by atoms with Crippen LogP contribution in [0.1, 0.15) is 38.8 Å². The molecule has 1 aromatic rings. The molecule has 1 rings (SSSR count). The van der Waals surface area contributed by atoms with Crippen molar-refractivity contribution in [3.8, 4) is 0 Å². The summed E-state index contributed by atoms with van der Waals surface area (Å²) >= 11 is 0. The summed E-state index contributed by atoms with van der Waals surface area (Å²) in [7, 11) is 1.93. The first-order chi connectivity index (χ1) is 9.06. The molecule has 0 fully saturated rings. The zero-order chi connectivity index (χ0) is 14.3. The summed E-state index contributed by atoms with van der Waals surface area (Å²) in [5.74, 6) is 0.504. The first kappa shape index (κ1) is 15.5. The molecule has 106 valence electrons. The molecule has 1 aromatic carbocycles. The molecule has 4 heteroatoms. The highest BCUT2D eigenvalue weighted by atomic mass is 16.2. The third-order valence-corrected chi connectivity index (χ3v) is 3.41. The Bertz CT molecular complexity index is 389. The molecule has 0 spiro atoms. The molecule has 19 heavy (non-hydrogen) atoms. The van der Waals surface area contributed by atoms with E-state index in [1.54, 1.807) is 0 Å². The molecular formula is C15H25N3O. The van der Waals surface area contributed by atoms with Crippen LogP contribution >= 0.6 is 0 Å². The van der Waals surface area contributed by atoms with Crippen LogP contribution in [0.2, 0.25) is 0 Å². The number of rotatable bonds is 6. The van der Waals surface area contributed by atoms with Crippen LogP contribution in [0.25, 0.3) is 0 Å². The molecule has 0 aromatic heterocycles. The Morgan fingerprint density at radius 2 is 1.84 bits per heavy atom. The molecule has 2 atom stereocenters. The predicted molar refractivity (Wildman–Crippen MR) is 80.4 cm³/mol. The van der Waals surface area contributed by atoms with Crippen molar-refractivity contribution in [1.82, 2.24) is 10.6 Å². The summed E-state index contributed by atoms with van der Waals surface area (Å²) < 4.78 is 0. The zero-order valence-corrected chi connectivity index (χ0v) is 12.3. The fourth-order valence-electron chi connectivity index (χ4n) is 1.61. The predicted octanol–water partition coefficient (Wildman–Crippen LogP) is 3.13. The first-order valence-electron chi connectivity index (χ1n) is 6.88. The van der Waals surface area contributed by atoms with Crippen molar-refractivity contribution < 1.29 is 4.79 Å². The van der Waals surface area contributed by atoms with Crippen LogP contribution in [0.15, 0.2) is 24.3 Å². The maximum absolute atomic E-state index is 11.7. The van der Waals surface area contributed by atoms with E-state index in [0.717, 1.165) is 12.1 Å². The lowest BCUT2D eigenvalue weighted by Crippen LogP contribution is -2.32. The SMILES string of the molecule is CCC(C)CNC(=O)Nc1ccc(C(C)NC)cc1. The normalized spacial score (nSPS) is 13.7. The maximum atomic E-state index is 11.7. The highest BCUT2D eigenvalue weighted by Gasteiger charge is 2.05. The van der Waals surface area contributed by atoms with Gasteiger partial charge < -0.3 is 16.0 Å². The quantitative estimate of drug-likeness (QED) is 0.738. The van der Waals surface area contributed by atoms with Crippen LogP contribution in [-0.2, 0) is 0 Å². The lowest BCUT2D eigenvalue weighted by molar-refractivity contribution is 0.250. The second-order valence-corrected chi connectivity index (χ2v) is 4.98. The van der Waals surface area contributed by atoms with Crippen LogP contribution in [0, 0.1) is 5.92 Å². The van der Waals surface area contributed by atoms with Gasteiger partial charge in [0.1, 0.15) is 0 Å². The van der Waals surface area contributed by atoms with Crippen LogP contribution in [-0.4, -0.2) is 19.6 Å². The van der Waals surface area contributed by atoms with Crippen LogP contribution < -0.4 is 16.0 Å². The van der Waals surface area contributed by atoms with Gasteiger partial charge in [0, 0.05) is 18.3 Å². The van der Waals surface area contributed by atoms with Gasteiger partial charge >= 0.3 is 6.03 Å². The lowest BCUT2D eigenvalue weighted by atomic mass is 10.1. The van der Waals surface area contributed by atoms with Crippen LogP contribution in [0.5, 0.6) is 0 Å². The number of carbonyl (C=O) groups is 1. The third-order valence-electron chi connectivity index (χ3n) is 3.41. The summed E-state index contributed by atoms with van der Waals surface area (Å²) in [6.45, 7) is 7.04. The highest BCUT2D eigenvalue weighted by molar-refractivity contribution is 5.89. The number of carbonyl (C=O) groups excluding carboxylic acids is 1. The summed E-state index contributed by atoms with van der Waals surface area (Å²) in [5, 5.41) is 8.88. The van der Waals surface area contributed by atoms with Crippen molar-refractivity contribution in [3.05, 3.63) is 29.8 Å². The van der Waals surface area contributed by atoms with Gasteiger partial charge in [0.2, 0.25) is 0 Å². The molecule has 0 saturated heterocycles. The number of anilines is 1. The molecule has 0 radical (unpaired) electrons. The first-order valence-corrected chi connectivity index (χ1v) is 6.88. The second kappa shape index (κ2) is 7.79. The minimum Gasteiger partial charge on any atom is -0.338 e. The van der Waals surface area contributed by atoms with Gasteiger partial charge in [0.05, 0.1) is 0 Å². The van der Waals surface area contributed by atoms with Crippen molar-refractivity contribution in [1.29, 1.82) is 0 Å². The largest absolute Gasteiger partial charge is 0.338 e. The number of nitrogens with one attached hydrogen (secondary N) is 3. The van der Waals surface area contributed by atoms with E-state index in [2.05, 4.69) is 36.7 Å².